The number of hydrogen-bond acceptors (Lipinski definition) is 3. The standard InChI is InChI=1S/C16H25N3O/c1-12(13-5-4-7-18-10-13)9-15(20)19-8-6-14(17)16(2,3)11-19/h4-5,7,10,12,14H,6,8-9,11,17H2,1-3H3. The first-order chi connectivity index (χ1) is 9.40. The predicted molar refractivity (Wildman–Crippen MR) is 80.2 cm³/mol. The molecule has 0 aromatic carbocycles. The lowest BCUT2D eigenvalue weighted by Crippen LogP contribution is -2.54. The van der Waals surface area contributed by atoms with Gasteiger partial charge in [-0.1, -0.05) is 26.8 Å². The lowest BCUT2D eigenvalue weighted by molar-refractivity contribution is -0.135. The van der Waals surface area contributed by atoms with Crippen molar-refractivity contribution >= 4 is 5.91 Å². The van der Waals surface area contributed by atoms with Gasteiger partial charge in [0.1, 0.15) is 0 Å². The molecule has 0 bridgehead atoms. The molecule has 2 atom stereocenters. The van der Waals surface area contributed by atoms with E-state index in [2.05, 4.69) is 25.8 Å². The van der Waals surface area contributed by atoms with Gasteiger partial charge in [0.25, 0.3) is 0 Å². The van der Waals surface area contributed by atoms with Gasteiger partial charge in [-0.2, -0.15) is 0 Å². The zero-order valence-corrected chi connectivity index (χ0v) is 12.7. The van der Waals surface area contributed by atoms with Crippen molar-refractivity contribution in [2.24, 2.45) is 11.1 Å². The zero-order valence-electron chi connectivity index (χ0n) is 12.7. The molecule has 1 amide bonds. The normalized spacial score (nSPS) is 23.4. The summed E-state index contributed by atoms with van der Waals surface area (Å²) < 4.78 is 0. The molecule has 2 heterocycles. The summed E-state index contributed by atoms with van der Waals surface area (Å²) in [6.45, 7) is 7.90. The highest BCUT2D eigenvalue weighted by molar-refractivity contribution is 5.77. The summed E-state index contributed by atoms with van der Waals surface area (Å²) in [5, 5.41) is 0. The predicted octanol–water partition coefficient (Wildman–Crippen LogP) is 2.16. The molecule has 0 spiro atoms. The minimum Gasteiger partial charge on any atom is -0.342 e. The minimum atomic E-state index is 0.00541. The zero-order chi connectivity index (χ0) is 14.8. The van der Waals surface area contributed by atoms with Gasteiger partial charge in [-0.3, -0.25) is 9.78 Å². The highest BCUT2D eigenvalue weighted by Gasteiger charge is 2.35. The molecule has 1 aromatic heterocycles. The Kier molecular flexibility index (Phi) is 4.43. The molecule has 0 saturated carbocycles. The molecule has 2 N–H and O–H groups in total. The smallest absolute Gasteiger partial charge is 0.223 e. The summed E-state index contributed by atoms with van der Waals surface area (Å²) in [6.07, 6.45) is 5.03. The second-order valence-corrected chi connectivity index (χ2v) is 6.59. The first-order valence-corrected chi connectivity index (χ1v) is 7.33. The average Bonchev–Trinajstić information content (AvgIpc) is 2.42. The SMILES string of the molecule is CC(CC(=O)N1CCC(N)C(C)(C)C1)c1cccnc1. The Labute approximate surface area is 121 Å². The fourth-order valence-electron chi connectivity index (χ4n) is 2.76. The molecule has 1 aliphatic rings. The van der Waals surface area contributed by atoms with Gasteiger partial charge in [0.2, 0.25) is 5.91 Å². The molecule has 0 aliphatic carbocycles. The van der Waals surface area contributed by atoms with Gasteiger partial charge >= 0.3 is 0 Å². The van der Waals surface area contributed by atoms with Crippen LogP contribution in [0.2, 0.25) is 0 Å². The molecule has 4 heteroatoms. The van der Waals surface area contributed by atoms with E-state index in [1.54, 1.807) is 6.20 Å². The Hall–Kier alpha value is -1.42. The Morgan fingerprint density at radius 2 is 2.35 bits per heavy atom. The third-order valence-corrected chi connectivity index (χ3v) is 4.40. The van der Waals surface area contributed by atoms with Gasteiger partial charge in [-0.05, 0) is 29.4 Å². The molecule has 2 rings (SSSR count). The molecule has 4 nitrogen and oxygen atoms in total. The van der Waals surface area contributed by atoms with Gasteiger partial charge in [0, 0.05) is 37.9 Å². The van der Waals surface area contributed by atoms with E-state index in [0.29, 0.717) is 6.42 Å². The fourth-order valence-corrected chi connectivity index (χ4v) is 2.76. The maximum absolute atomic E-state index is 12.4. The van der Waals surface area contributed by atoms with Crippen molar-refractivity contribution in [3.8, 4) is 0 Å². The summed E-state index contributed by atoms with van der Waals surface area (Å²) >= 11 is 0. The number of carbonyl (C=O) groups excluding carboxylic acids is 1. The van der Waals surface area contributed by atoms with Gasteiger partial charge in [-0.15, -0.1) is 0 Å². The van der Waals surface area contributed by atoms with Crippen molar-refractivity contribution in [3.63, 3.8) is 0 Å². The Morgan fingerprint density at radius 3 is 2.95 bits per heavy atom. The number of nitrogens with zero attached hydrogens (tertiary/aromatic N) is 2. The summed E-state index contributed by atoms with van der Waals surface area (Å²) in [5.74, 6) is 0.427. The first kappa shape index (κ1) is 15.0. The van der Waals surface area contributed by atoms with Crippen molar-refractivity contribution in [1.29, 1.82) is 0 Å². The Morgan fingerprint density at radius 1 is 1.60 bits per heavy atom. The van der Waals surface area contributed by atoms with Gasteiger partial charge in [0.15, 0.2) is 0 Å². The van der Waals surface area contributed by atoms with Crippen LogP contribution in [0.3, 0.4) is 0 Å². The largest absolute Gasteiger partial charge is 0.342 e. The van der Waals surface area contributed by atoms with E-state index in [-0.39, 0.29) is 23.3 Å². The fraction of sp³-hybridized carbons (Fsp3) is 0.625. The number of piperidine rings is 1. The van der Waals surface area contributed by atoms with Crippen LogP contribution >= 0.6 is 0 Å². The van der Waals surface area contributed by atoms with Crippen molar-refractivity contribution in [1.82, 2.24) is 9.88 Å². The molecule has 0 radical (unpaired) electrons. The van der Waals surface area contributed by atoms with Crippen LogP contribution < -0.4 is 5.73 Å². The van der Waals surface area contributed by atoms with Crippen molar-refractivity contribution in [2.45, 2.75) is 45.6 Å². The van der Waals surface area contributed by atoms with Crippen LogP contribution in [-0.2, 0) is 4.79 Å². The number of likely N-dealkylation sites (tertiary alicyclic amines) is 1. The summed E-state index contributed by atoms with van der Waals surface area (Å²) in [6, 6.07) is 4.13. The van der Waals surface area contributed by atoms with E-state index >= 15 is 0 Å². The van der Waals surface area contributed by atoms with Gasteiger partial charge in [0.05, 0.1) is 0 Å². The molecule has 2 unspecified atom stereocenters. The van der Waals surface area contributed by atoms with Crippen LogP contribution in [0.5, 0.6) is 0 Å². The number of hydrogen-bond donors (Lipinski definition) is 1. The Bertz CT molecular complexity index is 458. The van der Waals surface area contributed by atoms with Crippen LogP contribution in [0, 0.1) is 5.41 Å². The van der Waals surface area contributed by atoms with Crippen LogP contribution in [0.1, 0.15) is 45.1 Å². The monoisotopic (exact) mass is 275 g/mol. The minimum absolute atomic E-state index is 0.00541. The van der Waals surface area contributed by atoms with Crippen LogP contribution in [0.15, 0.2) is 24.5 Å². The van der Waals surface area contributed by atoms with Gasteiger partial charge in [-0.25, -0.2) is 0 Å². The number of rotatable bonds is 3. The summed E-state index contributed by atoms with van der Waals surface area (Å²) in [4.78, 5) is 18.5. The molecule has 1 aliphatic heterocycles. The molecular weight excluding hydrogens is 250 g/mol. The topological polar surface area (TPSA) is 59.2 Å². The second kappa shape index (κ2) is 5.92. The average molecular weight is 275 g/mol. The molecule has 110 valence electrons. The molecule has 1 saturated heterocycles. The number of nitrogens with two attached hydrogens (primary N) is 1. The van der Waals surface area contributed by atoms with E-state index in [4.69, 9.17) is 5.73 Å². The van der Waals surface area contributed by atoms with Crippen LogP contribution in [0.25, 0.3) is 0 Å². The molecule has 1 aromatic rings. The molecular formula is C16H25N3O. The van der Waals surface area contributed by atoms with E-state index in [1.165, 1.54) is 0 Å². The number of pyridine rings is 1. The number of amides is 1. The maximum atomic E-state index is 12.4. The third kappa shape index (κ3) is 3.37. The highest BCUT2D eigenvalue weighted by atomic mass is 16.2. The highest BCUT2D eigenvalue weighted by Crippen LogP contribution is 2.29. The summed E-state index contributed by atoms with van der Waals surface area (Å²) in [5.41, 5.74) is 7.25. The van der Waals surface area contributed by atoms with Gasteiger partial charge < -0.3 is 10.6 Å². The Balaban J connectivity index is 1.95. The van der Waals surface area contributed by atoms with E-state index in [9.17, 15) is 4.79 Å². The number of aromatic nitrogens is 1. The summed E-state index contributed by atoms with van der Waals surface area (Å²) in [7, 11) is 0. The van der Waals surface area contributed by atoms with Crippen molar-refractivity contribution in [2.75, 3.05) is 13.1 Å². The van der Waals surface area contributed by atoms with E-state index in [1.807, 2.05) is 23.2 Å². The maximum Gasteiger partial charge on any atom is 0.223 e. The van der Waals surface area contributed by atoms with E-state index in [0.717, 1.165) is 25.1 Å². The number of carbonyl (C=O) groups is 1. The lowest BCUT2D eigenvalue weighted by Gasteiger charge is -2.42. The second-order valence-electron chi connectivity index (χ2n) is 6.59. The van der Waals surface area contributed by atoms with E-state index < -0.39 is 0 Å². The molecule has 20 heavy (non-hydrogen) atoms. The quantitative estimate of drug-likeness (QED) is 0.919. The first-order valence-electron chi connectivity index (χ1n) is 7.33. The van der Waals surface area contributed by atoms with Crippen LogP contribution in [0.4, 0.5) is 0 Å². The third-order valence-electron chi connectivity index (χ3n) is 4.40. The van der Waals surface area contributed by atoms with Crippen molar-refractivity contribution in [3.05, 3.63) is 30.1 Å². The van der Waals surface area contributed by atoms with Crippen LogP contribution in [-0.4, -0.2) is 34.9 Å². The lowest BCUT2D eigenvalue weighted by atomic mass is 9.79. The molecule has 1 fully saturated rings. The van der Waals surface area contributed by atoms with Crippen molar-refractivity contribution < 1.29 is 4.79 Å².